The average molecular weight is 291 g/mol. The van der Waals surface area contributed by atoms with Gasteiger partial charge in [0, 0.05) is 51.4 Å². The van der Waals surface area contributed by atoms with E-state index >= 15 is 0 Å². The molecule has 1 aromatic rings. The molecule has 1 unspecified atom stereocenters. The lowest BCUT2D eigenvalue weighted by Gasteiger charge is -2.39. The van der Waals surface area contributed by atoms with Crippen LogP contribution in [0.15, 0.2) is 18.2 Å². The van der Waals surface area contributed by atoms with Crippen molar-refractivity contribution in [3.63, 3.8) is 0 Å². The molecule has 0 aromatic heterocycles. The minimum Gasteiger partial charge on any atom is -0.383 e. The fraction of sp³-hybridized carbons (Fsp3) is 0.562. The van der Waals surface area contributed by atoms with Crippen LogP contribution in [0, 0.1) is 17.1 Å². The van der Waals surface area contributed by atoms with Crippen LogP contribution in [0.2, 0.25) is 0 Å². The van der Waals surface area contributed by atoms with Gasteiger partial charge in [0.15, 0.2) is 0 Å². The summed E-state index contributed by atoms with van der Waals surface area (Å²) < 4.78 is 19.0. The van der Waals surface area contributed by atoms with Gasteiger partial charge in [-0.05, 0) is 25.1 Å². The lowest BCUT2D eigenvalue weighted by Crippen LogP contribution is -2.52. The Balaban J connectivity index is 1.95. The largest absolute Gasteiger partial charge is 0.383 e. The average Bonchev–Trinajstić information content (AvgIpc) is 2.49. The number of hydrogen-bond acceptors (Lipinski definition) is 4. The molecule has 0 N–H and O–H groups in total. The molecule has 0 spiro atoms. The Bertz CT molecular complexity index is 515. The van der Waals surface area contributed by atoms with E-state index in [1.807, 2.05) is 0 Å². The fourth-order valence-corrected chi connectivity index (χ4v) is 2.76. The van der Waals surface area contributed by atoms with Crippen molar-refractivity contribution >= 4 is 0 Å². The number of nitriles is 1. The van der Waals surface area contributed by atoms with Crippen molar-refractivity contribution in [1.29, 1.82) is 5.26 Å². The minimum atomic E-state index is -0.233. The topological polar surface area (TPSA) is 39.5 Å². The van der Waals surface area contributed by atoms with E-state index in [2.05, 4.69) is 22.8 Å². The second-order valence-electron chi connectivity index (χ2n) is 5.53. The van der Waals surface area contributed by atoms with Crippen LogP contribution in [-0.2, 0) is 11.3 Å². The molecule has 0 bridgehead atoms. The summed E-state index contributed by atoms with van der Waals surface area (Å²) in [6.45, 7) is 7.19. The molecular weight excluding hydrogens is 269 g/mol. The number of methoxy groups -OCH3 is 1. The van der Waals surface area contributed by atoms with Gasteiger partial charge in [-0.1, -0.05) is 0 Å². The van der Waals surface area contributed by atoms with E-state index < -0.39 is 0 Å². The van der Waals surface area contributed by atoms with Gasteiger partial charge in [0.1, 0.15) is 5.82 Å². The number of ether oxygens (including phenoxy) is 1. The quantitative estimate of drug-likeness (QED) is 0.830. The maximum absolute atomic E-state index is 13.8. The van der Waals surface area contributed by atoms with Crippen molar-refractivity contribution in [2.45, 2.75) is 19.5 Å². The van der Waals surface area contributed by atoms with Crippen LogP contribution in [-0.4, -0.2) is 55.7 Å². The molecule has 0 amide bonds. The predicted molar refractivity (Wildman–Crippen MR) is 79.3 cm³/mol. The molecule has 0 aliphatic carbocycles. The monoisotopic (exact) mass is 291 g/mol. The number of rotatable bonds is 5. The lowest BCUT2D eigenvalue weighted by atomic mass is 10.1. The highest BCUT2D eigenvalue weighted by Gasteiger charge is 2.23. The van der Waals surface area contributed by atoms with Gasteiger partial charge < -0.3 is 4.74 Å². The molecule has 0 radical (unpaired) electrons. The predicted octanol–water partition coefficient (Wildman–Crippen LogP) is 1.85. The van der Waals surface area contributed by atoms with Crippen molar-refractivity contribution in [2.24, 2.45) is 0 Å². The van der Waals surface area contributed by atoms with Gasteiger partial charge in [0.25, 0.3) is 0 Å². The maximum Gasteiger partial charge on any atom is 0.127 e. The first-order chi connectivity index (χ1) is 10.1. The first-order valence-corrected chi connectivity index (χ1v) is 7.28. The third-order valence-electron chi connectivity index (χ3n) is 4.00. The highest BCUT2D eigenvalue weighted by atomic mass is 19.1. The zero-order chi connectivity index (χ0) is 15.2. The molecule has 4 nitrogen and oxygen atoms in total. The van der Waals surface area contributed by atoms with Gasteiger partial charge in [-0.15, -0.1) is 0 Å². The molecule has 1 aliphatic heterocycles. The summed E-state index contributed by atoms with van der Waals surface area (Å²) in [6, 6.07) is 7.04. The highest BCUT2D eigenvalue weighted by molar-refractivity contribution is 5.33. The molecule has 0 saturated carbocycles. The second-order valence-corrected chi connectivity index (χ2v) is 5.53. The number of benzene rings is 1. The Kier molecular flexibility index (Phi) is 5.68. The highest BCUT2D eigenvalue weighted by Crippen LogP contribution is 2.16. The summed E-state index contributed by atoms with van der Waals surface area (Å²) in [5.74, 6) is -0.233. The van der Waals surface area contributed by atoms with Crippen molar-refractivity contribution in [3.05, 3.63) is 35.1 Å². The summed E-state index contributed by atoms with van der Waals surface area (Å²) in [7, 11) is 1.71. The van der Waals surface area contributed by atoms with E-state index in [9.17, 15) is 4.39 Å². The maximum atomic E-state index is 13.8. The Labute approximate surface area is 125 Å². The van der Waals surface area contributed by atoms with Gasteiger partial charge in [0.2, 0.25) is 0 Å². The Hall–Kier alpha value is -1.48. The fourth-order valence-electron chi connectivity index (χ4n) is 2.76. The standard InChI is InChI=1S/C16H22FN3O/c1-13-11-19(5-6-20(13)7-8-21-2)12-15-9-14(10-18)3-4-16(15)17/h3-4,9,13H,5-8,11-12H2,1-2H3. The zero-order valence-corrected chi connectivity index (χ0v) is 12.7. The summed E-state index contributed by atoms with van der Waals surface area (Å²) in [4.78, 5) is 4.63. The molecule has 114 valence electrons. The van der Waals surface area contributed by atoms with Crippen LogP contribution < -0.4 is 0 Å². The van der Waals surface area contributed by atoms with Crippen LogP contribution >= 0.6 is 0 Å². The van der Waals surface area contributed by atoms with E-state index in [1.165, 1.54) is 12.1 Å². The lowest BCUT2D eigenvalue weighted by molar-refractivity contribution is 0.0553. The molecule has 1 aromatic carbocycles. The van der Waals surface area contributed by atoms with Crippen molar-refractivity contribution in [2.75, 3.05) is 39.9 Å². The third-order valence-corrected chi connectivity index (χ3v) is 4.00. The Morgan fingerprint density at radius 1 is 1.43 bits per heavy atom. The van der Waals surface area contributed by atoms with Crippen molar-refractivity contribution in [1.82, 2.24) is 9.80 Å². The van der Waals surface area contributed by atoms with Gasteiger partial charge in [-0.2, -0.15) is 5.26 Å². The Morgan fingerprint density at radius 3 is 2.90 bits per heavy atom. The molecule has 5 heteroatoms. The molecule has 1 fully saturated rings. The second kappa shape index (κ2) is 7.51. The van der Waals surface area contributed by atoms with Crippen LogP contribution in [0.1, 0.15) is 18.1 Å². The van der Waals surface area contributed by atoms with Gasteiger partial charge in [-0.3, -0.25) is 9.80 Å². The zero-order valence-electron chi connectivity index (χ0n) is 12.7. The van der Waals surface area contributed by atoms with Crippen molar-refractivity contribution in [3.8, 4) is 6.07 Å². The SMILES string of the molecule is COCCN1CCN(Cc2cc(C#N)ccc2F)CC1C. The summed E-state index contributed by atoms with van der Waals surface area (Å²) in [6.07, 6.45) is 0. The minimum absolute atomic E-state index is 0.233. The van der Waals surface area contributed by atoms with E-state index in [0.717, 1.165) is 32.8 Å². The molecule has 21 heavy (non-hydrogen) atoms. The van der Waals surface area contributed by atoms with Crippen LogP contribution in [0.3, 0.4) is 0 Å². The normalized spacial score (nSPS) is 20.4. The van der Waals surface area contributed by atoms with Crippen LogP contribution in [0.25, 0.3) is 0 Å². The molecule has 1 aliphatic rings. The first kappa shape index (κ1) is 15.9. The number of hydrogen-bond donors (Lipinski definition) is 0. The molecular formula is C16H22FN3O. The summed E-state index contributed by atoms with van der Waals surface area (Å²) in [5, 5.41) is 8.91. The van der Waals surface area contributed by atoms with Gasteiger partial charge >= 0.3 is 0 Å². The molecule has 1 atom stereocenters. The van der Waals surface area contributed by atoms with Gasteiger partial charge in [0.05, 0.1) is 18.2 Å². The summed E-state index contributed by atoms with van der Waals surface area (Å²) in [5.41, 5.74) is 1.12. The van der Waals surface area contributed by atoms with Crippen molar-refractivity contribution < 1.29 is 9.13 Å². The van der Waals surface area contributed by atoms with E-state index in [4.69, 9.17) is 10.00 Å². The summed E-state index contributed by atoms with van der Waals surface area (Å²) >= 11 is 0. The molecule has 2 rings (SSSR count). The van der Waals surface area contributed by atoms with E-state index in [1.54, 1.807) is 13.2 Å². The van der Waals surface area contributed by atoms with Crippen LogP contribution in [0.5, 0.6) is 0 Å². The van der Waals surface area contributed by atoms with E-state index in [0.29, 0.717) is 23.7 Å². The van der Waals surface area contributed by atoms with Gasteiger partial charge in [-0.25, -0.2) is 4.39 Å². The smallest absolute Gasteiger partial charge is 0.127 e. The number of halogens is 1. The first-order valence-electron chi connectivity index (χ1n) is 7.28. The Morgan fingerprint density at radius 2 is 2.24 bits per heavy atom. The number of piperazine rings is 1. The third kappa shape index (κ3) is 4.24. The van der Waals surface area contributed by atoms with Crippen LogP contribution in [0.4, 0.5) is 4.39 Å². The van der Waals surface area contributed by atoms with E-state index in [-0.39, 0.29) is 5.82 Å². The molecule has 1 saturated heterocycles. The number of nitrogens with zero attached hydrogens (tertiary/aromatic N) is 3. The molecule has 1 heterocycles.